The minimum absolute atomic E-state index is 0.0380. The summed E-state index contributed by atoms with van der Waals surface area (Å²) in [6, 6.07) is 13.5. The van der Waals surface area contributed by atoms with Crippen molar-refractivity contribution in [3.05, 3.63) is 76.6 Å². The second-order valence-corrected chi connectivity index (χ2v) is 10.3. The zero-order chi connectivity index (χ0) is 25.8. The van der Waals surface area contributed by atoms with E-state index >= 15 is 0 Å². The molecule has 1 aromatic heterocycles. The summed E-state index contributed by atoms with van der Waals surface area (Å²) in [5.41, 5.74) is 3.33. The number of sulfonamides is 1. The molecule has 0 aliphatic carbocycles. The summed E-state index contributed by atoms with van der Waals surface area (Å²) in [5, 5.41) is 7.12. The molecule has 0 saturated carbocycles. The third-order valence-electron chi connectivity index (χ3n) is 5.07. The van der Waals surface area contributed by atoms with Gasteiger partial charge < -0.3 is 10.1 Å². The molecule has 0 atom stereocenters. The number of carbonyl (C=O) groups excluding carboxylic acids is 2. The van der Waals surface area contributed by atoms with Gasteiger partial charge in [-0.05, 0) is 50.3 Å². The van der Waals surface area contributed by atoms with Crippen molar-refractivity contribution in [1.82, 2.24) is 14.1 Å². The number of anilines is 1. The minimum atomic E-state index is -3.71. The SMILES string of the molecule is Cc1nn(-c2ccccc2)c(C)c1/C=C/C(=O)OCC(=O)Nc1cc(S(=O)(=O)N(C)C)ccc1Cl. The number of hydrogen-bond donors (Lipinski definition) is 1. The third kappa shape index (κ3) is 6.16. The normalized spacial score (nSPS) is 11.7. The van der Waals surface area contributed by atoms with Crippen LogP contribution in [-0.4, -0.2) is 55.1 Å². The lowest BCUT2D eigenvalue weighted by atomic mass is 10.2. The summed E-state index contributed by atoms with van der Waals surface area (Å²) >= 11 is 6.08. The molecule has 11 heteroatoms. The zero-order valence-electron chi connectivity index (χ0n) is 19.6. The average molecular weight is 517 g/mol. The number of halogens is 1. The second kappa shape index (κ2) is 10.9. The van der Waals surface area contributed by atoms with Crippen LogP contribution in [0.1, 0.15) is 17.0 Å². The van der Waals surface area contributed by atoms with Crippen molar-refractivity contribution in [2.24, 2.45) is 0 Å². The maximum atomic E-state index is 12.3. The van der Waals surface area contributed by atoms with Gasteiger partial charge in [0.15, 0.2) is 6.61 Å². The van der Waals surface area contributed by atoms with Crippen molar-refractivity contribution < 1.29 is 22.7 Å². The monoisotopic (exact) mass is 516 g/mol. The fraction of sp³-hybridized carbons (Fsp3) is 0.208. The molecule has 0 bridgehead atoms. The van der Waals surface area contributed by atoms with Gasteiger partial charge in [-0.25, -0.2) is 22.2 Å². The summed E-state index contributed by atoms with van der Waals surface area (Å²) < 4.78 is 32.4. The quantitative estimate of drug-likeness (QED) is 0.362. The first-order valence-corrected chi connectivity index (χ1v) is 12.3. The Morgan fingerprint density at radius 2 is 1.83 bits per heavy atom. The van der Waals surface area contributed by atoms with Gasteiger partial charge >= 0.3 is 5.97 Å². The second-order valence-electron chi connectivity index (χ2n) is 7.75. The van der Waals surface area contributed by atoms with Crippen LogP contribution >= 0.6 is 11.6 Å². The number of ether oxygens (including phenoxy) is 1. The van der Waals surface area contributed by atoms with E-state index in [2.05, 4.69) is 10.4 Å². The van der Waals surface area contributed by atoms with Crippen LogP contribution in [0.5, 0.6) is 0 Å². The number of hydrogen-bond acceptors (Lipinski definition) is 6. The lowest BCUT2D eigenvalue weighted by molar-refractivity contribution is -0.142. The van der Waals surface area contributed by atoms with E-state index in [1.54, 1.807) is 10.8 Å². The van der Waals surface area contributed by atoms with E-state index in [0.717, 1.165) is 26.9 Å². The molecule has 2 aromatic carbocycles. The average Bonchev–Trinajstić information content (AvgIpc) is 3.11. The molecule has 0 aliphatic heterocycles. The number of nitrogens with one attached hydrogen (secondary N) is 1. The molecule has 0 radical (unpaired) electrons. The number of aromatic nitrogens is 2. The van der Waals surface area contributed by atoms with Gasteiger partial charge in [0.05, 0.1) is 27.0 Å². The lowest BCUT2D eigenvalue weighted by Gasteiger charge is -2.13. The molecule has 1 amide bonds. The van der Waals surface area contributed by atoms with Gasteiger partial charge in [0.2, 0.25) is 10.0 Å². The van der Waals surface area contributed by atoms with Gasteiger partial charge in [0.25, 0.3) is 5.91 Å². The van der Waals surface area contributed by atoms with Crippen molar-refractivity contribution in [2.45, 2.75) is 18.7 Å². The van der Waals surface area contributed by atoms with E-state index in [4.69, 9.17) is 16.3 Å². The van der Waals surface area contributed by atoms with Crippen molar-refractivity contribution in [1.29, 1.82) is 0 Å². The molecular formula is C24H25ClN4O5S. The molecule has 3 rings (SSSR count). The number of nitrogens with zero attached hydrogens (tertiary/aromatic N) is 3. The Bertz CT molecular complexity index is 1380. The van der Waals surface area contributed by atoms with Gasteiger partial charge in [0.1, 0.15) is 0 Å². The first-order valence-electron chi connectivity index (χ1n) is 10.5. The predicted molar refractivity (Wildman–Crippen MR) is 134 cm³/mol. The Balaban J connectivity index is 1.63. The Kier molecular flexibility index (Phi) is 8.11. The van der Waals surface area contributed by atoms with Gasteiger partial charge in [-0.2, -0.15) is 5.10 Å². The van der Waals surface area contributed by atoms with Crippen LogP contribution in [0, 0.1) is 13.8 Å². The highest BCUT2D eigenvalue weighted by Crippen LogP contribution is 2.26. The molecule has 35 heavy (non-hydrogen) atoms. The van der Waals surface area contributed by atoms with E-state index in [1.807, 2.05) is 44.2 Å². The van der Waals surface area contributed by atoms with E-state index < -0.39 is 28.5 Å². The molecule has 3 aromatic rings. The standard InChI is InChI=1S/C24H25ClN4O5S/c1-16-20(17(2)29(27-16)18-8-6-5-7-9-18)11-13-24(31)34-15-23(30)26-22-14-19(10-12-21(22)25)35(32,33)28(3)4/h5-14H,15H2,1-4H3,(H,26,30)/b13-11+. The van der Waals surface area contributed by atoms with Crippen LogP contribution in [0.4, 0.5) is 5.69 Å². The first-order chi connectivity index (χ1) is 16.5. The molecule has 0 unspecified atom stereocenters. The highest BCUT2D eigenvalue weighted by atomic mass is 35.5. The molecule has 184 valence electrons. The van der Waals surface area contributed by atoms with Crippen LogP contribution in [0.25, 0.3) is 11.8 Å². The summed E-state index contributed by atoms with van der Waals surface area (Å²) in [4.78, 5) is 24.4. The van der Waals surface area contributed by atoms with Crippen LogP contribution in [0.15, 0.2) is 59.5 Å². The number of para-hydroxylation sites is 1. The number of amides is 1. The third-order valence-corrected chi connectivity index (χ3v) is 7.21. The molecule has 0 spiro atoms. The fourth-order valence-corrected chi connectivity index (χ4v) is 4.30. The van der Waals surface area contributed by atoms with E-state index in [-0.39, 0.29) is 15.6 Å². The fourth-order valence-electron chi connectivity index (χ4n) is 3.21. The summed E-state index contributed by atoms with van der Waals surface area (Å²) in [5.74, 6) is -1.39. The van der Waals surface area contributed by atoms with Gasteiger partial charge in [0, 0.05) is 31.4 Å². The van der Waals surface area contributed by atoms with Crippen molar-refractivity contribution in [2.75, 3.05) is 26.0 Å². The highest BCUT2D eigenvalue weighted by Gasteiger charge is 2.19. The van der Waals surface area contributed by atoms with E-state index in [0.29, 0.717) is 0 Å². The maximum Gasteiger partial charge on any atom is 0.331 e. The predicted octanol–water partition coefficient (Wildman–Crippen LogP) is 3.59. The largest absolute Gasteiger partial charge is 0.452 e. The molecule has 0 fully saturated rings. The van der Waals surface area contributed by atoms with Crippen molar-refractivity contribution in [3.8, 4) is 5.69 Å². The van der Waals surface area contributed by atoms with E-state index in [1.165, 1.54) is 38.4 Å². The number of aryl methyl sites for hydroxylation is 1. The number of esters is 1. The first kappa shape index (κ1) is 26.1. The van der Waals surface area contributed by atoms with Gasteiger partial charge in [-0.3, -0.25) is 4.79 Å². The van der Waals surface area contributed by atoms with Gasteiger partial charge in [-0.15, -0.1) is 0 Å². The summed E-state index contributed by atoms with van der Waals surface area (Å²) in [7, 11) is -0.925. The Morgan fingerprint density at radius 1 is 1.14 bits per heavy atom. The van der Waals surface area contributed by atoms with Crippen molar-refractivity contribution >= 4 is 45.3 Å². The smallest absolute Gasteiger partial charge is 0.331 e. The maximum absolute atomic E-state index is 12.3. The molecule has 9 nitrogen and oxygen atoms in total. The Hall–Kier alpha value is -3.47. The summed E-state index contributed by atoms with van der Waals surface area (Å²) in [6.07, 6.45) is 2.81. The number of carbonyl (C=O) groups is 2. The summed E-state index contributed by atoms with van der Waals surface area (Å²) in [6.45, 7) is 3.14. The molecule has 1 heterocycles. The van der Waals surface area contributed by atoms with E-state index in [9.17, 15) is 18.0 Å². The van der Waals surface area contributed by atoms with Crippen molar-refractivity contribution in [3.63, 3.8) is 0 Å². The Morgan fingerprint density at radius 3 is 2.49 bits per heavy atom. The lowest BCUT2D eigenvalue weighted by Crippen LogP contribution is -2.23. The topological polar surface area (TPSA) is 111 Å². The highest BCUT2D eigenvalue weighted by molar-refractivity contribution is 7.89. The molecule has 0 saturated heterocycles. The van der Waals surface area contributed by atoms with Crippen LogP contribution in [0.2, 0.25) is 5.02 Å². The zero-order valence-corrected chi connectivity index (χ0v) is 21.2. The minimum Gasteiger partial charge on any atom is -0.452 e. The van der Waals surface area contributed by atoms with Gasteiger partial charge in [-0.1, -0.05) is 29.8 Å². The molecule has 1 N–H and O–H groups in total. The number of benzene rings is 2. The van der Waals surface area contributed by atoms with Crippen LogP contribution in [0.3, 0.4) is 0 Å². The molecule has 0 aliphatic rings. The van der Waals surface area contributed by atoms with Crippen LogP contribution < -0.4 is 5.32 Å². The number of rotatable bonds is 8. The Labute approximate surface area is 209 Å². The molecular weight excluding hydrogens is 492 g/mol. The van der Waals surface area contributed by atoms with Crippen LogP contribution in [-0.2, 0) is 24.3 Å².